The highest BCUT2D eigenvalue weighted by Crippen LogP contribution is 2.18. The van der Waals surface area contributed by atoms with E-state index in [2.05, 4.69) is 10.2 Å². The van der Waals surface area contributed by atoms with E-state index in [9.17, 15) is 4.79 Å². The molecular formula is C15H24ClN3O. The largest absolute Gasteiger partial charge is 0.366 e. The van der Waals surface area contributed by atoms with Crippen molar-refractivity contribution < 1.29 is 4.79 Å². The van der Waals surface area contributed by atoms with Crippen LogP contribution in [0.4, 0.5) is 0 Å². The van der Waals surface area contributed by atoms with Gasteiger partial charge in [-0.15, -0.1) is 12.4 Å². The minimum absolute atomic E-state index is 0. The third-order valence-electron chi connectivity index (χ3n) is 3.84. The number of benzene rings is 1. The minimum atomic E-state index is -0.362. The van der Waals surface area contributed by atoms with Gasteiger partial charge in [-0.1, -0.05) is 12.1 Å². The van der Waals surface area contributed by atoms with Crippen molar-refractivity contribution in [2.24, 2.45) is 11.7 Å². The number of nitrogens with zero attached hydrogens (tertiary/aromatic N) is 1. The molecular weight excluding hydrogens is 274 g/mol. The summed E-state index contributed by atoms with van der Waals surface area (Å²) >= 11 is 0. The molecule has 0 spiro atoms. The van der Waals surface area contributed by atoms with E-state index in [0.717, 1.165) is 32.1 Å². The summed E-state index contributed by atoms with van der Waals surface area (Å²) in [7, 11) is 2.02. The lowest BCUT2D eigenvalue weighted by atomic mass is 9.96. The lowest BCUT2D eigenvalue weighted by molar-refractivity contribution is 0.1000. The van der Waals surface area contributed by atoms with Gasteiger partial charge in [0.05, 0.1) is 0 Å². The molecule has 3 N–H and O–H groups in total. The van der Waals surface area contributed by atoms with E-state index in [1.54, 1.807) is 0 Å². The van der Waals surface area contributed by atoms with Gasteiger partial charge in [0, 0.05) is 12.1 Å². The second-order valence-electron chi connectivity index (χ2n) is 5.34. The summed E-state index contributed by atoms with van der Waals surface area (Å²) in [5, 5.41) is 3.26. The number of rotatable bonds is 5. The molecule has 0 atom stereocenters. The molecule has 1 aromatic carbocycles. The van der Waals surface area contributed by atoms with Gasteiger partial charge in [-0.25, -0.2) is 0 Å². The standard InChI is InChI=1S/C15H23N3O.ClH/c1-17-10-12-6-8-18(9-7-12)11-13-2-4-14(5-3-13)15(16)19;/h2-5,12,17H,6-11H2,1H3,(H2,16,19);1H. The highest BCUT2D eigenvalue weighted by Gasteiger charge is 2.18. The Balaban J connectivity index is 0.00000200. The van der Waals surface area contributed by atoms with Gasteiger partial charge >= 0.3 is 0 Å². The van der Waals surface area contributed by atoms with Crippen LogP contribution in [0.1, 0.15) is 28.8 Å². The van der Waals surface area contributed by atoms with Crippen molar-refractivity contribution in [2.45, 2.75) is 19.4 Å². The molecule has 1 saturated heterocycles. The van der Waals surface area contributed by atoms with Gasteiger partial charge in [0.15, 0.2) is 0 Å². The fourth-order valence-electron chi connectivity index (χ4n) is 2.67. The van der Waals surface area contributed by atoms with Crippen molar-refractivity contribution >= 4 is 18.3 Å². The van der Waals surface area contributed by atoms with Gasteiger partial charge in [0.25, 0.3) is 0 Å². The van der Waals surface area contributed by atoms with Crippen molar-refractivity contribution in [2.75, 3.05) is 26.7 Å². The van der Waals surface area contributed by atoms with Crippen LogP contribution in [0.3, 0.4) is 0 Å². The zero-order chi connectivity index (χ0) is 13.7. The number of nitrogens with one attached hydrogen (secondary N) is 1. The van der Waals surface area contributed by atoms with E-state index in [-0.39, 0.29) is 18.3 Å². The number of hydrogen-bond donors (Lipinski definition) is 2. The van der Waals surface area contributed by atoms with Gasteiger partial charge in [-0.2, -0.15) is 0 Å². The number of carbonyl (C=O) groups is 1. The molecule has 1 fully saturated rings. The zero-order valence-electron chi connectivity index (χ0n) is 12.0. The minimum Gasteiger partial charge on any atom is -0.366 e. The van der Waals surface area contributed by atoms with Gasteiger partial charge < -0.3 is 11.1 Å². The molecule has 5 heteroatoms. The lowest BCUT2D eigenvalue weighted by Crippen LogP contribution is -2.36. The monoisotopic (exact) mass is 297 g/mol. The maximum absolute atomic E-state index is 11.0. The Bertz CT molecular complexity index is 414. The maximum Gasteiger partial charge on any atom is 0.248 e. The molecule has 1 heterocycles. The number of nitrogens with two attached hydrogens (primary N) is 1. The highest BCUT2D eigenvalue weighted by molar-refractivity contribution is 5.92. The fraction of sp³-hybridized carbons (Fsp3) is 0.533. The van der Waals surface area contributed by atoms with Crippen LogP contribution in [-0.4, -0.2) is 37.5 Å². The van der Waals surface area contributed by atoms with Crippen molar-refractivity contribution in [3.8, 4) is 0 Å². The molecule has 0 unspecified atom stereocenters. The van der Waals surface area contributed by atoms with Gasteiger partial charge in [0.1, 0.15) is 0 Å². The van der Waals surface area contributed by atoms with Crippen molar-refractivity contribution in [1.29, 1.82) is 0 Å². The molecule has 4 nitrogen and oxygen atoms in total. The van der Waals surface area contributed by atoms with E-state index in [0.29, 0.717) is 5.56 Å². The molecule has 0 saturated carbocycles. The van der Waals surface area contributed by atoms with Crippen LogP contribution in [-0.2, 0) is 6.54 Å². The average molecular weight is 298 g/mol. The Labute approximate surface area is 127 Å². The molecule has 0 aromatic heterocycles. The molecule has 112 valence electrons. The van der Waals surface area contributed by atoms with Crippen molar-refractivity contribution in [3.63, 3.8) is 0 Å². The summed E-state index contributed by atoms with van der Waals surface area (Å²) in [4.78, 5) is 13.5. The SMILES string of the molecule is CNCC1CCN(Cc2ccc(C(N)=O)cc2)CC1.Cl. The number of amides is 1. The van der Waals surface area contributed by atoms with Crippen LogP contribution in [0.5, 0.6) is 0 Å². The van der Waals surface area contributed by atoms with Crippen molar-refractivity contribution in [1.82, 2.24) is 10.2 Å². The molecule has 2 rings (SSSR count). The molecule has 1 aliphatic rings. The van der Waals surface area contributed by atoms with Crippen LogP contribution < -0.4 is 11.1 Å². The summed E-state index contributed by atoms with van der Waals surface area (Å²) < 4.78 is 0. The smallest absolute Gasteiger partial charge is 0.248 e. The molecule has 1 amide bonds. The fourth-order valence-corrected chi connectivity index (χ4v) is 2.67. The average Bonchev–Trinajstić information content (AvgIpc) is 2.42. The van der Waals surface area contributed by atoms with Gasteiger partial charge in [0.2, 0.25) is 5.91 Å². The molecule has 1 aromatic rings. The van der Waals surface area contributed by atoms with Crippen LogP contribution in [0.15, 0.2) is 24.3 Å². The molecule has 0 radical (unpaired) electrons. The quantitative estimate of drug-likeness (QED) is 0.869. The third-order valence-corrected chi connectivity index (χ3v) is 3.84. The Kier molecular flexibility index (Phi) is 6.99. The summed E-state index contributed by atoms with van der Waals surface area (Å²) in [6.45, 7) is 4.40. The van der Waals surface area contributed by atoms with Crippen LogP contribution in [0.25, 0.3) is 0 Å². The first kappa shape index (κ1) is 17.0. The summed E-state index contributed by atoms with van der Waals surface area (Å²) in [5.41, 5.74) is 7.06. The Morgan fingerprint density at radius 3 is 2.40 bits per heavy atom. The number of carbonyl (C=O) groups excluding carboxylic acids is 1. The Morgan fingerprint density at radius 1 is 1.30 bits per heavy atom. The van der Waals surface area contributed by atoms with Crippen LogP contribution in [0.2, 0.25) is 0 Å². The second-order valence-corrected chi connectivity index (χ2v) is 5.34. The Morgan fingerprint density at radius 2 is 1.90 bits per heavy atom. The molecule has 1 aliphatic heterocycles. The van der Waals surface area contributed by atoms with E-state index in [1.165, 1.54) is 18.4 Å². The number of hydrogen-bond acceptors (Lipinski definition) is 3. The predicted octanol–water partition coefficient (Wildman–Crippen LogP) is 1.64. The zero-order valence-corrected chi connectivity index (χ0v) is 12.8. The topological polar surface area (TPSA) is 58.4 Å². The number of halogens is 1. The van der Waals surface area contributed by atoms with E-state index in [1.807, 2.05) is 31.3 Å². The number of piperidine rings is 1. The first-order chi connectivity index (χ1) is 9.19. The summed E-state index contributed by atoms with van der Waals surface area (Å²) in [5.74, 6) is 0.456. The Hall–Kier alpha value is -1.10. The molecule has 20 heavy (non-hydrogen) atoms. The third kappa shape index (κ3) is 4.78. The summed E-state index contributed by atoms with van der Waals surface area (Å²) in [6.07, 6.45) is 2.53. The maximum atomic E-state index is 11.0. The van der Waals surface area contributed by atoms with Crippen LogP contribution in [0, 0.1) is 5.92 Å². The first-order valence-corrected chi connectivity index (χ1v) is 6.94. The van der Waals surface area contributed by atoms with E-state index >= 15 is 0 Å². The van der Waals surface area contributed by atoms with Gasteiger partial charge in [-0.05, 0) is 63.1 Å². The van der Waals surface area contributed by atoms with Gasteiger partial charge in [-0.3, -0.25) is 9.69 Å². The summed E-state index contributed by atoms with van der Waals surface area (Å²) in [6, 6.07) is 7.62. The molecule has 0 bridgehead atoms. The highest BCUT2D eigenvalue weighted by atomic mass is 35.5. The first-order valence-electron chi connectivity index (χ1n) is 6.94. The second kappa shape index (κ2) is 8.25. The van der Waals surface area contributed by atoms with E-state index in [4.69, 9.17) is 5.73 Å². The molecule has 0 aliphatic carbocycles. The normalized spacial score (nSPS) is 16.6. The van der Waals surface area contributed by atoms with E-state index < -0.39 is 0 Å². The van der Waals surface area contributed by atoms with Crippen LogP contribution >= 0.6 is 12.4 Å². The predicted molar refractivity (Wildman–Crippen MR) is 84.1 cm³/mol. The number of primary amides is 1. The lowest BCUT2D eigenvalue weighted by Gasteiger charge is -2.31. The number of likely N-dealkylation sites (tertiary alicyclic amines) is 1. The van der Waals surface area contributed by atoms with Crippen molar-refractivity contribution in [3.05, 3.63) is 35.4 Å².